The van der Waals surface area contributed by atoms with Gasteiger partial charge in [0.25, 0.3) is 5.91 Å². The molecule has 25 heavy (non-hydrogen) atoms. The number of nitrogens with zero attached hydrogens (tertiary/aromatic N) is 4. The molecule has 1 aliphatic heterocycles. The molecule has 0 N–H and O–H groups in total. The van der Waals surface area contributed by atoms with E-state index in [0.29, 0.717) is 37.0 Å². The van der Waals surface area contributed by atoms with Crippen LogP contribution in [-0.4, -0.2) is 45.7 Å². The molecule has 0 spiro atoms. The largest absolute Gasteiger partial charge is 0.423 e. The van der Waals surface area contributed by atoms with Gasteiger partial charge in [0.15, 0.2) is 6.10 Å². The summed E-state index contributed by atoms with van der Waals surface area (Å²) in [6.07, 6.45) is -0.396. The number of carbonyl (C=O) groups excluding carboxylic acids is 1. The fourth-order valence-corrected chi connectivity index (χ4v) is 3.02. The first kappa shape index (κ1) is 15.7. The van der Waals surface area contributed by atoms with Crippen LogP contribution < -0.4 is 0 Å². The van der Waals surface area contributed by atoms with Crippen molar-refractivity contribution in [2.75, 3.05) is 19.7 Å². The Balaban J connectivity index is 1.61. The standard InChI is InChI=1S/C18H18N4O3/c1-11-14(9-13-5-3-4-6-15(13)19-11)18(23)22-7-8-24-16(10-22)17-21-20-12(2)25-17/h3-6,9,16H,7-8,10H2,1-2H3/t16-/m1/s1. The number of ether oxygens (including phenoxy) is 1. The first-order valence-corrected chi connectivity index (χ1v) is 8.19. The van der Waals surface area contributed by atoms with Crippen LogP contribution in [0.1, 0.15) is 33.9 Å². The summed E-state index contributed by atoms with van der Waals surface area (Å²) in [5, 5.41) is 8.78. The zero-order valence-corrected chi connectivity index (χ0v) is 14.1. The molecule has 1 amide bonds. The van der Waals surface area contributed by atoms with Gasteiger partial charge in [-0.1, -0.05) is 18.2 Å². The Morgan fingerprint density at radius 3 is 2.88 bits per heavy atom. The normalized spacial score (nSPS) is 17.8. The number of hydrogen-bond acceptors (Lipinski definition) is 6. The lowest BCUT2D eigenvalue weighted by molar-refractivity contribution is -0.0349. The second-order valence-electron chi connectivity index (χ2n) is 6.08. The van der Waals surface area contributed by atoms with Crippen molar-refractivity contribution in [2.24, 2.45) is 0 Å². The molecule has 128 valence electrons. The Bertz CT molecular complexity index is 937. The topological polar surface area (TPSA) is 81.4 Å². The number of pyridine rings is 1. The summed E-state index contributed by atoms with van der Waals surface area (Å²) < 4.78 is 11.1. The Morgan fingerprint density at radius 1 is 1.24 bits per heavy atom. The van der Waals surface area contributed by atoms with Crippen LogP contribution in [0, 0.1) is 13.8 Å². The molecule has 0 radical (unpaired) electrons. The Hall–Kier alpha value is -2.80. The van der Waals surface area contributed by atoms with Crippen LogP contribution in [0.2, 0.25) is 0 Å². The van der Waals surface area contributed by atoms with E-state index in [1.165, 1.54) is 0 Å². The number of rotatable bonds is 2. The van der Waals surface area contributed by atoms with Crippen molar-refractivity contribution in [3.05, 3.63) is 53.4 Å². The van der Waals surface area contributed by atoms with Crippen molar-refractivity contribution < 1.29 is 13.9 Å². The summed E-state index contributed by atoms with van der Waals surface area (Å²) in [4.78, 5) is 19.3. The van der Waals surface area contributed by atoms with E-state index in [1.807, 2.05) is 37.3 Å². The summed E-state index contributed by atoms with van der Waals surface area (Å²) >= 11 is 0. The van der Waals surface area contributed by atoms with Gasteiger partial charge in [-0.15, -0.1) is 10.2 Å². The second-order valence-corrected chi connectivity index (χ2v) is 6.08. The molecule has 0 bridgehead atoms. The maximum absolute atomic E-state index is 13.0. The lowest BCUT2D eigenvalue weighted by Gasteiger charge is -2.31. The molecule has 7 heteroatoms. The minimum atomic E-state index is -0.396. The molecule has 1 aliphatic rings. The van der Waals surface area contributed by atoms with Crippen LogP contribution in [0.15, 0.2) is 34.7 Å². The number of carbonyl (C=O) groups is 1. The molecule has 3 heterocycles. The Labute approximate surface area is 144 Å². The minimum Gasteiger partial charge on any atom is -0.423 e. The molecule has 1 aromatic carbocycles. The maximum Gasteiger partial charge on any atom is 0.255 e. The molecule has 3 aromatic rings. The third-order valence-electron chi connectivity index (χ3n) is 4.32. The number of para-hydroxylation sites is 1. The van der Waals surface area contributed by atoms with E-state index in [0.717, 1.165) is 16.6 Å². The van der Waals surface area contributed by atoms with Gasteiger partial charge >= 0.3 is 0 Å². The summed E-state index contributed by atoms with van der Waals surface area (Å²) in [5.74, 6) is 0.834. The fourth-order valence-electron chi connectivity index (χ4n) is 3.02. The number of hydrogen-bond donors (Lipinski definition) is 0. The average molecular weight is 338 g/mol. The molecular weight excluding hydrogens is 320 g/mol. The quantitative estimate of drug-likeness (QED) is 0.714. The smallest absolute Gasteiger partial charge is 0.255 e. The van der Waals surface area contributed by atoms with E-state index in [9.17, 15) is 4.79 Å². The maximum atomic E-state index is 13.0. The molecule has 0 unspecified atom stereocenters. The highest BCUT2D eigenvalue weighted by Crippen LogP contribution is 2.24. The van der Waals surface area contributed by atoms with E-state index in [1.54, 1.807) is 11.8 Å². The van der Waals surface area contributed by atoms with Gasteiger partial charge in [-0.3, -0.25) is 9.78 Å². The van der Waals surface area contributed by atoms with E-state index in [-0.39, 0.29) is 5.91 Å². The van der Waals surface area contributed by atoms with Gasteiger partial charge in [0.05, 0.1) is 29.9 Å². The molecule has 1 saturated heterocycles. The molecule has 4 rings (SSSR count). The van der Waals surface area contributed by atoms with Crippen molar-refractivity contribution in [1.82, 2.24) is 20.1 Å². The van der Waals surface area contributed by atoms with E-state index >= 15 is 0 Å². The van der Waals surface area contributed by atoms with Crippen LogP contribution in [0.4, 0.5) is 0 Å². The highest BCUT2D eigenvalue weighted by Gasteiger charge is 2.30. The molecule has 0 aliphatic carbocycles. The molecule has 1 fully saturated rings. The molecule has 1 atom stereocenters. The Morgan fingerprint density at radius 2 is 2.08 bits per heavy atom. The van der Waals surface area contributed by atoms with Crippen molar-refractivity contribution >= 4 is 16.8 Å². The van der Waals surface area contributed by atoms with Crippen molar-refractivity contribution in [1.29, 1.82) is 0 Å². The summed E-state index contributed by atoms with van der Waals surface area (Å²) in [5.41, 5.74) is 2.22. The van der Waals surface area contributed by atoms with Gasteiger partial charge in [0.1, 0.15) is 0 Å². The van der Waals surface area contributed by atoms with Crippen LogP contribution in [0.25, 0.3) is 10.9 Å². The van der Waals surface area contributed by atoms with Crippen LogP contribution in [-0.2, 0) is 4.74 Å². The SMILES string of the molecule is Cc1nnc([C@H]2CN(C(=O)c3cc4ccccc4nc3C)CCO2)o1. The number of fused-ring (bicyclic) bond motifs is 1. The minimum absolute atomic E-state index is 0.0553. The fraction of sp³-hybridized carbons (Fsp3) is 0.333. The Kier molecular flexibility index (Phi) is 3.93. The van der Waals surface area contributed by atoms with Gasteiger partial charge in [0, 0.05) is 18.9 Å². The number of amides is 1. The summed E-state index contributed by atoms with van der Waals surface area (Å²) in [6.45, 7) is 4.92. The van der Waals surface area contributed by atoms with E-state index < -0.39 is 6.10 Å². The molecule has 2 aromatic heterocycles. The van der Waals surface area contributed by atoms with Gasteiger partial charge in [-0.2, -0.15) is 0 Å². The first-order chi connectivity index (χ1) is 12.1. The van der Waals surface area contributed by atoms with Gasteiger partial charge in [-0.25, -0.2) is 0 Å². The molecule has 7 nitrogen and oxygen atoms in total. The second kappa shape index (κ2) is 6.25. The van der Waals surface area contributed by atoms with E-state index in [2.05, 4.69) is 15.2 Å². The third-order valence-corrected chi connectivity index (χ3v) is 4.32. The van der Waals surface area contributed by atoms with Gasteiger partial charge < -0.3 is 14.1 Å². The van der Waals surface area contributed by atoms with Crippen molar-refractivity contribution in [3.8, 4) is 0 Å². The number of benzene rings is 1. The first-order valence-electron chi connectivity index (χ1n) is 8.19. The summed E-state index contributed by atoms with van der Waals surface area (Å²) in [6, 6.07) is 9.69. The lowest BCUT2D eigenvalue weighted by Crippen LogP contribution is -2.42. The molecular formula is C18H18N4O3. The highest BCUT2D eigenvalue weighted by molar-refractivity contribution is 5.98. The predicted molar refractivity (Wildman–Crippen MR) is 90.1 cm³/mol. The number of morpholine rings is 1. The monoisotopic (exact) mass is 338 g/mol. The van der Waals surface area contributed by atoms with Gasteiger partial charge in [-0.05, 0) is 19.1 Å². The highest BCUT2D eigenvalue weighted by atomic mass is 16.5. The van der Waals surface area contributed by atoms with Crippen LogP contribution in [0.5, 0.6) is 0 Å². The van der Waals surface area contributed by atoms with E-state index in [4.69, 9.17) is 9.15 Å². The van der Waals surface area contributed by atoms with Crippen molar-refractivity contribution in [2.45, 2.75) is 20.0 Å². The third kappa shape index (κ3) is 2.98. The average Bonchev–Trinajstić information content (AvgIpc) is 3.07. The van der Waals surface area contributed by atoms with Gasteiger partial charge in [0.2, 0.25) is 11.8 Å². The zero-order chi connectivity index (χ0) is 17.4. The number of aromatic nitrogens is 3. The van der Waals surface area contributed by atoms with Crippen LogP contribution >= 0.6 is 0 Å². The zero-order valence-electron chi connectivity index (χ0n) is 14.1. The summed E-state index contributed by atoms with van der Waals surface area (Å²) in [7, 11) is 0. The predicted octanol–water partition coefficient (Wildman–Crippen LogP) is 2.45. The lowest BCUT2D eigenvalue weighted by atomic mass is 10.1. The number of aryl methyl sites for hydroxylation is 2. The molecule has 0 saturated carbocycles. The van der Waals surface area contributed by atoms with Crippen LogP contribution in [0.3, 0.4) is 0 Å². The van der Waals surface area contributed by atoms with Crippen molar-refractivity contribution in [3.63, 3.8) is 0 Å².